The van der Waals surface area contributed by atoms with E-state index in [1.54, 1.807) is 14.9 Å². The molecule has 6 nitrogen and oxygen atoms in total. The highest BCUT2D eigenvalue weighted by Crippen LogP contribution is 2.33. The van der Waals surface area contributed by atoms with E-state index < -0.39 is 16.1 Å². The van der Waals surface area contributed by atoms with Crippen molar-refractivity contribution >= 4 is 20.9 Å². The SMILES string of the molecule is CCCCN(C(CC)c1nc2ccccc2c(=O)n1CC)S(=O)(=O)c1c(C)cc(C)cc1C. The van der Waals surface area contributed by atoms with E-state index in [4.69, 9.17) is 4.98 Å². The Morgan fingerprint density at radius 2 is 1.67 bits per heavy atom. The van der Waals surface area contributed by atoms with Gasteiger partial charge >= 0.3 is 0 Å². The highest BCUT2D eigenvalue weighted by Gasteiger charge is 2.35. The maximum absolute atomic E-state index is 14.1. The summed E-state index contributed by atoms with van der Waals surface area (Å²) >= 11 is 0. The first-order valence-corrected chi connectivity index (χ1v) is 13.2. The fourth-order valence-electron chi connectivity index (χ4n) is 4.71. The number of sulfonamides is 1. The smallest absolute Gasteiger partial charge is 0.261 e. The summed E-state index contributed by atoms with van der Waals surface area (Å²) in [5.41, 5.74) is 2.97. The first kappa shape index (κ1) is 25.1. The molecule has 0 bridgehead atoms. The molecule has 0 amide bonds. The molecule has 1 unspecified atom stereocenters. The van der Waals surface area contributed by atoms with E-state index in [-0.39, 0.29) is 5.56 Å². The largest absolute Gasteiger partial charge is 0.295 e. The minimum atomic E-state index is -3.82. The zero-order chi connectivity index (χ0) is 24.3. The Bertz CT molecular complexity index is 1290. The Morgan fingerprint density at radius 1 is 1.03 bits per heavy atom. The standard InChI is InChI=1S/C26H35N3O3S/c1-7-10-15-29(33(31,32)24-19(5)16-18(4)17-20(24)6)23(8-2)25-27-22-14-12-11-13-21(22)26(30)28(25)9-3/h11-14,16-17,23H,7-10,15H2,1-6H3. The summed E-state index contributed by atoms with van der Waals surface area (Å²) in [6.07, 6.45) is 2.10. The van der Waals surface area contributed by atoms with E-state index in [1.165, 1.54) is 0 Å². The monoisotopic (exact) mass is 469 g/mol. The van der Waals surface area contributed by atoms with E-state index in [1.807, 2.05) is 71.9 Å². The third kappa shape index (κ3) is 4.75. The minimum absolute atomic E-state index is 0.132. The lowest BCUT2D eigenvalue weighted by Crippen LogP contribution is -2.39. The van der Waals surface area contributed by atoms with E-state index in [0.29, 0.717) is 41.1 Å². The van der Waals surface area contributed by atoms with E-state index >= 15 is 0 Å². The normalized spacial score (nSPS) is 13.1. The van der Waals surface area contributed by atoms with Crippen molar-refractivity contribution in [2.45, 2.75) is 78.3 Å². The fourth-order valence-corrected chi connectivity index (χ4v) is 6.82. The van der Waals surface area contributed by atoms with Crippen LogP contribution in [0.15, 0.2) is 46.1 Å². The average molecular weight is 470 g/mol. The Morgan fingerprint density at radius 3 is 2.24 bits per heavy atom. The van der Waals surface area contributed by atoms with Crippen molar-refractivity contribution in [3.8, 4) is 0 Å². The molecule has 0 aliphatic carbocycles. The summed E-state index contributed by atoms with van der Waals surface area (Å²) in [6.45, 7) is 12.4. The number of aryl methyl sites for hydroxylation is 3. The predicted octanol–water partition coefficient (Wildman–Crippen LogP) is 5.28. The van der Waals surface area contributed by atoms with Crippen LogP contribution in [0.5, 0.6) is 0 Å². The quantitative estimate of drug-likeness (QED) is 0.427. The van der Waals surface area contributed by atoms with E-state index in [2.05, 4.69) is 0 Å². The van der Waals surface area contributed by atoms with Crippen LogP contribution in [-0.2, 0) is 16.6 Å². The Kier molecular flexibility index (Phi) is 7.75. The number of fused-ring (bicyclic) bond motifs is 1. The van der Waals surface area contributed by atoms with Gasteiger partial charge in [-0.2, -0.15) is 4.31 Å². The highest BCUT2D eigenvalue weighted by atomic mass is 32.2. The molecular weight excluding hydrogens is 434 g/mol. The molecule has 0 N–H and O–H groups in total. The summed E-state index contributed by atoms with van der Waals surface area (Å²) in [5, 5.41) is 0.547. The molecule has 3 rings (SSSR count). The van der Waals surface area contributed by atoms with Gasteiger partial charge in [-0.05, 0) is 63.8 Å². The third-order valence-corrected chi connectivity index (χ3v) is 8.36. The molecule has 0 spiro atoms. The molecule has 0 fully saturated rings. The van der Waals surface area contributed by atoms with Crippen LogP contribution in [-0.4, -0.2) is 28.8 Å². The van der Waals surface area contributed by atoms with Crippen LogP contribution in [0.1, 0.15) is 68.6 Å². The van der Waals surface area contributed by atoms with Crippen molar-refractivity contribution in [1.29, 1.82) is 0 Å². The van der Waals surface area contributed by atoms with Crippen molar-refractivity contribution in [2.75, 3.05) is 6.54 Å². The van der Waals surface area contributed by atoms with Crippen LogP contribution in [0.3, 0.4) is 0 Å². The second-order valence-corrected chi connectivity index (χ2v) is 10.5. The molecule has 0 radical (unpaired) electrons. The molecule has 178 valence electrons. The van der Waals surface area contributed by atoms with Crippen LogP contribution >= 0.6 is 0 Å². The number of para-hydroxylation sites is 1. The first-order valence-electron chi connectivity index (χ1n) is 11.8. The maximum atomic E-state index is 14.1. The summed E-state index contributed by atoms with van der Waals surface area (Å²) in [6, 6.07) is 10.5. The molecular formula is C26H35N3O3S. The topological polar surface area (TPSA) is 72.3 Å². The second kappa shape index (κ2) is 10.2. The van der Waals surface area contributed by atoms with Gasteiger partial charge in [0, 0.05) is 13.1 Å². The van der Waals surface area contributed by atoms with Gasteiger partial charge in [0.1, 0.15) is 5.82 Å². The molecule has 1 atom stereocenters. The molecule has 7 heteroatoms. The molecule has 0 saturated carbocycles. The lowest BCUT2D eigenvalue weighted by atomic mass is 10.1. The van der Waals surface area contributed by atoms with Crippen molar-refractivity contribution in [2.24, 2.45) is 0 Å². The molecule has 0 saturated heterocycles. The first-order chi connectivity index (χ1) is 15.7. The Hall–Kier alpha value is -2.51. The average Bonchev–Trinajstić information content (AvgIpc) is 2.75. The Labute approximate surface area is 197 Å². The molecule has 2 aromatic carbocycles. The van der Waals surface area contributed by atoms with Crippen LogP contribution in [0.4, 0.5) is 0 Å². The second-order valence-electron chi connectivity index (χ2n) is 8.66. The molecule has 0 aliphatic heterocycles. The van der Waals surface area contributed by atoms with Crippen molar-refractivity contribution < 1.29 is 8.42 Å². The van der Waals surface area contributed by atoms with Crippen LogP contribution in [0.2, 0.25) is 0 Å². The molecule has 1 aromatic heterocycles. The van der Waals surface area contributed by atoms with E-state index in [9.17, 15) is 13.2 Å². The molecule has 0 aliphatic rings. The summed E-state index contributed by atoms with van der Waals surface area (Å²) < 4.78 is 31.4. The zero-order valence-corrected chi connectivity index (χ0v) is 21.4. The number of rotatable bonds is 9. The third-order valence-electron chi connectivity index (χ3n) is 6.14. The van der Waals surface area contributed by atoms with Crippen molar-refractivity contribution in [3.63, 3.8) is 0 Å². The van der Waals surface area contributed by atoms with Gasteiger partial charge in [0.2, 0.25) is 10.0 Å². The highest BCUT2D eigenvalue weighted by molar-refractivity contribution is 7.89. The Balaban J connectivity index is 2.27. The number of unbranched alkanes of at least 4 members (excludes halogenated alkanes) is 1. The fraction of sp³-hybridized carbons (Fsp3) is 0.462. The number of hydrogen-bond donors (Lipinski definition) is 0. The van der Waals surface area contributed by atoms with Gasteiger partial charge < -0.3 is 0 Å². The van der Waals surface area contributed by atoms with Crippen LogP contribution in [0, 0.1) is 20.8 Å². The number of aromatic nitrogens is 2. The lowest BCUT2D eigenvalue weighted by Gasteiger charge is -2.32. The summed E-state index contributed by atoms with van der Waals surface area (Å²) in [5.74, 6) is 0.505. The van der Waals surface area contributed by atoms with Crippen molar-refractivity contribution in [3.05, 3.63) is 69.3 Å². The number of hydrogen-bond acceptors (Lipinski definition) is 4. The number of benzene rings is 2. The van der Waals surface area contributed by atoms with Gasteiger partial charge in [0.25, 0.3) is 5.56 Å². The van der Waals surface area contributed by atoms with Crippen molar-refractivity contribution in [1.82, 2.24) is 13.9 Å². The van der Waals surface area contributed by atoms with Gasteiger partial charge in [-0.1, -0.05) is 50.1 Å². The van der Waals surface area contributed by atoms with Gasteiger partial charge in [-0.15, -0.1) is 0 Å². The van der Waals surface area contributed by atoms with Crippen LogP contribution < -0.4 is 5.56 Å². The summed E-state index contributed by atoms with van der Waals surface area (Å²) in [7, 11) is -3.82. The molecule has 3 aromatic rings. The number of nitrogens with zero attached hydrogens (tertiary/aromatic N) is 3. The maximum Gasteiger partial charge on any atom is 0.261 e. The van der Waals surface area contributed by atoms with E-state index in [0.717, 1.165) is 29.5 Å². The predicted molar refractivity (Wildman–Crippen MR) is 134 cm³/mol. The molecule has 1 heterocycles. The lowest BCUT2D eigenvalue weighted by molar-refractivity contribution is 0.291. The van der Waals surface area contributed by atoms with Gasteiger partial charge in [0.05, 0.1) is 21.8 Å². The van der Waals surface area contributed by atoms with Crippen LogP contribution in [0.25, 0.3) is 10.9 Å². The van der Waals surface area contributed by atoms with Gasteiger partial charge in [-0.25, -0.2) is 13.4 Å². The zero-order valence-electron chi connectivity index (χ0n) is 20.6. The van der Waals surface area contributed by atoms with Gasteiger partial charge in [0.15, 0.2) is 0 Å². The van der Waals surface area contributed by atoms with Gasteiger partial charge in [-0.3, -0.25) is 9.36 Å². The summed E-state index contributed by atoms with van der Waals surface area (Å²) in [4.78, 5) is 18.4. The minimum Gasteiger partial charge on any atom is -0.295 e. The molecule has 33 heavy (non-hydrogen) atoms.